The largest absolute Gasteiger partial charge is 0.497 e. The Hall–Kier alpha value is -4.32. The predicted molar refractivity (Wildman–Crippen MR) is 184 cm³/mol. The first-order chi connectivity index (χ1) is 23.2. The third-order valence-corrected chi connectivity index (χ3v) is 11.1. The van der Waals surface area contributed by atoms with Crippen molar-refractivity contribution in [1.29, 1.82) is 0 Å². The number of fused-ring (bicyclic) bond motifs is 3. The number of aryl methyl sites for hydroxylation is 1. The van der Waals surface area contributed by atoms with Gasteiger partial charge >= 0.3 is 0 Å². The minimum absolute atomic E-state index is 0.176. The van der Waals surface area contributed by atoms with E-state index in [1.165, 1.54) is 19.6 Å². The van der Waals surface area contributed by atoms with Gasteiger partial charge in [-0.2, -0.15) is 0 Å². The first-order valence-corrected chi connectivity index (χ1v) is 16.9. The van der Waals surface area contributed by atoms with Gasteiger partial charge in [-0.3, -0.25) is 9.36 Å². The smallest absolute Gasteiger partial charge is 0.261 e. The van der Waals surface area contributed by atoms with Gasteiger partial charge in [0.15, 0.2) is 17.6 Å². The second-order valence-electron chi connectivity index (χ2n) is 14.1. The van der Waals surface area contributed by atoms with Crippen LogP contribution < -0.4 is 20.9 Å². The summed E-state index contributed by atoms with van der Waals surface area (Å²) in [6.07, 6.45) is 5.87. The second-order valence-corrected chi connectivity index (χ2v) is 14.1. The number of nitrogens with zero attached hydrogens (tertiary/aromatic N) is 5. The van der Waals surface area contributed by atoms with Crippen molar-refractivity contribution in [2.24, 2.45) is 28.2 Å². The number of anilines is 1. The fraction of sp³-hybridized carbons (Fsp3) is 0.500. The van der Waals surface area contributed by atoms with Crippen molar-refractivity contribution in [3.8, 4) is 17.4 Å². The lowest BCUT2D eigenvalue weighted by Gasteiger charge is -2.61. The summed E-state index contributed by atoms with van der Waals surface area (Å²) in [6.45, 7) is 8.72. The lowest BCUT2D eigenvalue weighted by Crippen LogP contribution is -2.58. The number of aliphatic imine (C=N–C) groups is 1. The lowest BCUT2D eigenvalue weighted by molar-refractivity contribution is -0.108. The molecule has 10 nitrogen and oxygen atoms in total. The van der Waals surface area contributed by atoms with Gasteiger partial charge in [0.25, 0.3) is 5.56 Å². The molecule has 1 aliphatic heterocycles. The SMILES string of the molecule is COc1ccc(CCn2c(-c3ncc[nH]3)nc3cc(NC(=N[C@H]4C[C@@H]5C[C@@H]([C@H]4C)C5(C)C)N4CCN[C@@H](CF)C4)ccc3c2=O)c(F)c1. The molecule has 0 unspecified atom stereocenters. The third-order valence-electron chi connectivity index (χ3n) is 11.1. The third kappa shape index (κ3) is 5.95. The van der Waals surface area contributed by atoms with E-state index in [-0.39, 0.29) is 30.6 Å². The Kier molecular flexibility index (Phi) is 8.69. The average Bonchev–Trinajstić information content (AvgIpc) is 3.63. The minimum atomic E-state index is -0.450. The molecule has 0 amide bonds. The van der Waals surface area contributed by atoms with Gasteiger partial charge in [0.05, 0.1) is 30.1 Å². The fourth-order valence-corrected chi connectivity index (χ4v) is 8.06. The van der Waals surface area contributed by atoms with E-state index in [1.807, 2.05) is 12.1 Å². The van der Waals surface area contributed by atoms with Crippen molar-refractivity contribution >= 4 is 22.5 Å². The van der Waals surface area contributed by atoms with E-state index < -0.39 is 12.5 Å². The number of aromatic nitrogens is 4. The number of piperazine rings is 1. The van der Waals surface area contributed by atoms with Crippen LogP contribution in [0.2, 0.25) is 0 Å². The number of ether oxygens (including phenoxy) is 1. The number of H-pyrrole nitrogens is 1. The van der Waals surface area contributed by atoms with E-state index in [4.69, 9.17) is 14.7 Å². The van der Waals surface area contributed by atoms with Gasteiger partial charge in [-0.05, 0) is 72.3 Å². The highest BCUT2D eigenvalue weighted by molar-refractivity contribution is 5.96. The summed E-state index contributed by atoms with van der Waals surface area (Å²) < 4.78 is 35.2. The molecular formula is C36H44F2N8O2. The predicted octanol–water partition coefficient (Wildman–Crippen LogP) is 5.26. The fourth-order valence-electron chi connectivity index (χ4n) is 8.06. The zero-order chi connectivity index (χ0) is 33.6. The summed E-state index contributed by atoms with van der Waals surface area (Å²) in [7, 11) is 1.49. The zero-order valence-electron chi connectivity index (χ0n) is 28.0. The van der Waals surface area contributed by atoms with E-state index in [0.717, 1.165) is 18.1 Å². The quantitative estimate of drug-likeness (QED) is 0.175. The molecule has 48 heavy (non-hydrogen) atoms. The van der Waals surface area contributed by atoms with E-state index >= 15 is 0 Å². The van der Waals surface area contributed by atoms with Gasteiger partial charge in [-0.25, -0.2) is 23.7 Å². The number of guanidine groups is 1. The van der Waals surface area contributed by atoms with Crippen LogP contribution in [0.15, 0.2) is 58.6 Å². The number of hydrogen-bond acceptors (Lipinski definition) is 6. The van der Waals surface area contributed by atoms with Gasteiger partial charge < -0.3 is 25.3 Å². The molecule has 12 heteroatoms. The minimum Gasteiger partial charge on any atom is -0.497 e. The molecular weight excluding hydrogens is 614 g/mol. The molecule has 254 valence electrons. The van der Waals surface area contributed by atoms with E-state index in [2.05, 4.69) is 46.3 Å². The molecule has 3 N–H and O–H groups in total. The van der Waals surface area contributed by atoms with Gasteiger partial charge in [-0.15, -0.1) is 0 Å². The molecule has 2 aromatic heterocycles. The molecule has 0 spiro atoms. The van der Waals surface area contributed by atoms with Crippen LogP contribution in [-0.4, -0.2) is 75.9 Å². The normalized spacial score (nSPS) is 25.2. The second kappa shape index (κ2) is 12.9. The molecule has 8 rings (SSSR count). The van der Waals surface area contributed by atoms with Crippen LogP contribution in [0.25, 0.3) is 22.6 Å². The molecule has 2 aromatic carbocycles. The average molecular weight is 659 g/mol. The summed E-state index contributed by atoms with van der Waals surface area (Å²) in [5.74, 6) is 3.31. The number of rotatable bonds is 8. The maximum Gasteiger partial charge on any atom is 0.261 e. The summed E-state index contributed by atoms with van der Waals surface area (Å²) >= 11 is 0. The molecule has 1 saturated heterocycles. The number of methoxy groups -OCH3 is 1. The number of nitrogens with one attached hydrogen (secondary N) is 3. The molecule has 2 bridgehead atoms. The highest BCUT2D eigenvalue weighted by atomic mass is 19.1. The van der Waals surface area contributed by atoms with Crippen molar-refractivity contribution in [2.45, 2.75) is 58.7 Å². The summed E-state index contributed by atoms with van der Waals surface area (Å²) in [6, 6.07) is 10.1. The van der Waals surface area contributed by atoms with Crippen LogP contribution in [-0.2, 0) is 13.0 Å². The first kappa shape index (κ1) is 32.2. The monoisotopic (exact) mass is 658 g/mol. The van der Waals surface area contributed by atoms with Gasteiger partial charge in [-0.1, -0.05) is 26.8 Å². The topological polar surface area (TPSA) is 112 Å². The highest BCUT2D eigenvalue weighted by Gasteiger charge is 2.56. The Bertz CT molecular complexity index is 1870. The summed E-state index contributed by atoms with van der Waals surface area (Å²) in [5.41, 5.74) is 1.81. The molecule has 3 aliphatic carbocycles. The molecule has 3 saturated carbocycles. The number of alkyl halides is 1. The van der Waals surface area contributed by atoms with Crippen molar-refractivity contribution in [3.05, 3.63) is 70.5 Å². The molecule has 4 aromatic rings. The van der Waals surface area contributed by atoms with Gasteiger partial charge in [0.1, 0.15) is 18.2 Å². The molecule has 3 heterocycles. The number of imidazole rings is 1. The highest BCUT2D eigenvalue weighted by Crippen LogP contribution is 2.61. The summed E-state index contributed by atoms with van der Waals surface area (Å²) in [5, 5.41) is 7.25. The van der Waals surface area contributed by atoms with Crippen molar-refractivity contribution < 1.29 is 13.5 Å². The zero-order valence-corrected chi connectivity index (χ0v) is 28.0. The Balaban J connectivity index is 1.22. The Morgan fingerprint density at radius 1 is 1.21 bits per heavy atom. The molecule has 4 fully saturated rings. The maximum absolute atomic E-state index is 14.8. The van der Waals surface area contributed by atoms with Crippen LogP contribution in [0.1, 0.15) is 39.2 Å². The molecule has 4 aliphatic rings. The van der Waals surface area contributed by atoms with E-state index in [0.29, 0.717) is 76.7 Å². The Labute approximate surface area is 279 Å². The Morgan fingerprint density at radius 2 is 2.06 bits per heavy atom. The standard InChI is InChI=1S/C36H44F2N8O2/c1-21-28-15-23(36(28,2)3)16-30(21)44-35(45-14-12-39-25(19-37)20-45)42-24-6-8-27-31(17-24)43-33(32-40-10-11-41-32)46(34(27)47)13-9-22-5-7-26(48-4)18-29(22)38/h5-8,10-11,17-18,21,23,25,28,30,39H,9,12-16,19-20H2,1-4H3,(H,40,41)(H,42,44)/t21-,23+,25+,28+,30+/m1/s1. The number of benzene rings is 2. The van der Waals surface area contributed by atoms with Crippen molar-refractivity contribution in [3.63, 3.8) is 0 Å². The van der Waals surface area contributed by atoms with Crippen LogP contribution >= 0.6 is 0 Å². The van der Waals surface area contributed by atoms with Crippen LogP contribution in [0.3, 0.4) is 0 Å². The first-order valence-electron chi connectivity index (χ1n) is 16.9. The summed E-state index contributed by atoms with van der Waals surface area (Å²) in [4.78, 5) is 33.8. The van der Waals surface area contributed by atoms with Crippen LogP contribution in [0.4, 0.5) is 14.5 Å². The number of aromatic amines is 1. The van der Waals surface area contributed by atoms with Crippen LogP contribution in [0.5, 0.6) is 5.75 Å². The van der Waals surface area contributed by atoms with Gasteiger partial charge in [0, 0.05) is 50.3 Å². The lowest BCUT2D eigenvalue weighted by atomic mass is 9.45. The van der Waals surface area contributed by atoms with Gasteiger partial charge in [0.2, 0.25) is 0 Å². The van der Waals surface area contributed by atoms with Crippen LogP contribution in [0, 0.1) is 29.0 Å². The molecule has 5 atom stereocenters. The van der Waals surface area contributed by atoms with Crippen molar-refractivity contribution in [1.82, 2.24) is 29.7 Å². The number of halogens is 2. The number of hydrogen-bond donors (Lipinski definition) is 3. The van der Waals surface area contributed by atoms with E-state index in [1.54, 1.807) is 35.2 Å². The van der Waals surface area contributed by atoms with Crippen molar-refractivity contribution in [2.75, 3.05) is 38.7 Å². The molecule has 0 radical (unpaired) electrons. The van der Waals surface area contributed by atoms with E-state index in [9.17, 15) is 13.6 Å². The maximum atomic E-state index is 14.8. The Morgan fingerprint density at radius 3 is 2.77 bits per heavy atom.